The summed E-state index contributed by atoms with van der Waals surface area (Å²) in [6.07, 6.45) is 0.557. The van der Waals surface area contributed by atoms with Gasteiger partial charge in [-0.15, -0.1) is 11.3 Å². The molecule has 0 radical (unpaired) electrons. The molecule has 0 spiro atoms. The molecule has 26 heavy (non-hydrogen) atoms. The summed E-state index contributed by atoms with van der Waals surface area (Å²) < 4.78 is 13.9. The number of rotatable bonds is 4. The molecule has 3 nitrogen and oxygen atoms in total. The van der Waals surface area contributed by atoms with Gasteiger partial charge in [-0.1, -0.05) is 39.7 Å². The third-order valence-electron chi connectivity index (χ3n) is 3.88. The van der Waals surface area contributed by atoms with Gasteiger partial charge >= 0.3 is 0 Å². The number of nitrogens with zero attached hydrogens (tertiary/aromatic N) is 2. The van der Waals surface area contributed by atoms with E-state index in [-0.39, 0.29) is 11.7 Å². The molecule has 2 aromatic carbocycles. The molecule has 0 saturated carbocycles. The van der Waals surface area contributed by atoms with Gasteiger partial charge < -0.3 is 4.90 Å². The standard InChI is InChI=1S/C19H15BrClFN2OS/c1-11-18(19(25)24(2)16-8-5-13(20)10-15(16)21)26-17(23-11)9-12-3-6-14(22)7-4-12/h3-8,10H,9H2,1-2H3. The Bertz CT molecular complexity index is 959. The predicted octanol–water partition coefficient (Wildman–Crippen LogP) is 5.87. The largest absolute Gasteiger partial charge is 0.309 e. The van der Waals surface area contributed by atoms with Crippen LogP contribution in [-0.2, 0) is 6.42 Å². The molecule has 0 aliphatic carbocycles. The van der Waals surface area contributed by atoms with Crippen molar-refractivity contribution < 1.29 is 9.18 Å². The molecule has 134 valence electrons. The molecule has 0 aliphatic heterocycles. The quantitative estimate of drug-likeness (QED) is 0.495. The Kier molecular flexibility index (Phi) is 5.75. The maximum atomic E-state index is 13.0. The van der Waals surface area contributed by atoms with E-state index < -0.39 is 0 Å². The van der Waals surface area contributed by atoms with E-state index in [1.807, 2.05) is 13.0 Å². The van der Waals surface area contributed by atoms with Crippen LogP contribution in [0.4, 0.5) is 10.1 Å². The second-order valence-electron chi connectivity index (χ2n) is 5.79. The molecule has 3 aromatic rings. The Morgan fingerprint density at radius 2 is 1.96 bits per heavy atom. The second kappa shape index (κ2) is 7.86. The number of hydrogen-bond acceptors (Lipinski definition) is 3. The normalized spacial score (nSPS) is 10.8. The van der Waals surface area contributed by atoms with Crippen molar-refractivity contribution in [1.82, 2.24) is 4.98 Å². The summed E-state index contributed by atoms with van der Waals surface area (Å²) in [7, 11) is 1.69. The topological polar surface area (TPSA) is 33.2 Å². The highest BCUT2D eigenvalue weighted by atomic mass is 79.9. The zero-order chi connectivity index (χ0) is 18.8. The summed E-state index contributed by atoms with van der Waals surface area (Å²) in [6.45, 7) is 1.81. The minimum absolute atomic E-state index is 0.158. The van der Waals surface area contributed by atoms with Gasteiger partial charge in [0.25, 0.3) is 5.91 Å². The first-order chi connectivity index (χ1) is 12.3. The van der Waals surface area contributed by atoms with Crippen molar-refractivity contribution in [1.29, 1.82) is 0 Å². The van der Waals surface area contributed by atoms with E-state index in [4.69, 9.17) is 11.6 Å². The Hall–Kier alpha value is -1.76. The lowest BCUT2D eigenvalue weighted by Crippen LogP contribution is -2.26. The Labute approximate surface area is 168 Å². The Morgan fingerprint density at radius 1 is 1.27 bits per heavy atom. The van der Waals surface area contributed by atoms with Crippen LogP contribution in [-0.4, -0.2) is 17.9 Å². The number of aryl methyl sites for hydroxylation is 1. The first-order valence-corrected chi connectivity index (χ1v) is 9.77. The predicted molar refractivity (Wildman–Crippen MR) is 108 cm³/mol. The molecule has 0 bridgehead atoms. The Morgan fingerprint density at radius 3 is 2.62 bits per heavy atom. The van der Waals surface area contributed by atoms with Gasteiger partial charge in [0.15, 0.2) is 0 Å². The van der Waals surface area contributed by atoms with Crippen LogP contribution in [0, 0.1) is 12.7 Å². The van der Waals surface area contributed by atoms with Crippen molar-refractivity contribution in [3.63, 3.8) is 0 Å². The van der Waals surface area contributed by atoms with Crippen molar-refractivity contribution >= 4 is 50.5 Å². The summed E-state index contributed by atoms with van der Waals surface area (Å²) in [5, 5.41) is 1.30. The fourth-order valence-electron chi connectivity index (χ4n) is 2.52. The molecular weight excluding hydrogens is 439 g/mol. The van der Waals surface area contributed by atoms with Crippen LogP contribution in [0.3, 0.4) is 0 Å². The van der Waals surface area contributed by atoms with E-state index in [1.54, 1.807) is 31.3 Å². The van der Waals surface area contributed by atoms with Gasteiger partial charge in [-0.2, -0.15) is 0 Å². The third kappa shape index (κ3) is 4.14. The van der Waals surface area contributed by atoms with E-state index in [1.165, 1.54) is 28.4 Å². The zero-order valence-corrected chi connectivity index (χ0v) is 17.3. The first-order valence-electron chi connectivity index (χ1n) is 7.79. The fourth-order valence-corrected chi connectivity index (χ4v) is 4.39. The van der Waals surface area contributed by atoms with Crippen LogP contribution in [0.25, 0.3) is 0 Å². The van der Waals surface area contributed by atoms with Gasteiger partial charge in [-0.3, -0.25) is 4.79 Å². The molecule has 0 aliphatic rings. The molecule has 0 N–H and O–H groups in total. The third-order valence-corrected chi connectivity index (χ3v) is 5.82. The van der Waals surface area contributed by atoms with Crippen molar-refractivity contribution in [3.05, 3.63) is 78.9 Å². The van der Waals surface area contributed by atoms with Crippen molar-refractivity contribution in [2.75, 3.05) is 11.9 Å². The highest BCUT2D eigenvalue weighted by molar-refractivity contribution is 9.10. The van der Waals surface area contributed by atoms with Crippen molar-refractivity contribution in [2.45, 2.75) is 13.3 Å². The van der Waals surface area contributed by atoms with Crippen LogP contribution in [0.2, 0.25) is 5.02 Å². The lowest BCUT2D eigenvalue weighted by Gasteiger charge is -2.18. The smallest absolute Gasteiger partial charge is 0.270 e. The van der Waals surface area contributed by atoms with Crippen LogP contribution < -0.4 is 4.90 Å². The van der Waals surface area contributed by atoms with Crippen LogP contribution in [0.5, 0.6) is 0 Å². The van der Waals surface area contributed by atoms with Gasteiger partial charge in [0, 0.05) is 17.9 Å². The van der Waals surface area contributed by atoms with Crippen LogP contribution in [0.15, 0.2) is 46.9 Å². The van der Waals surface area contributed by atoms with Gasteiger partial charge in [-0.05, 0) is 42.8 Å². The van der Waals surface area contributed by atoms with E-state index in [0.717, 1.165) is 15.0 Å². The molecule has 1 amide bonds. The van der Waals surface area contributed by atoms with Gasteiger partial charge in [-0.25, -0.2) is 9.37 Å². The SMILES string of the molecule is Cc1nc(Cc2ccc(F)cc2)sc1C(=O)N(C)c1ccc(Br)cc1Cl. The molecule has 0 fully saturated rings. The van der Waals surface area contributed by atoms with E-state index >= 15 is 0 Å². The number of hydrogen-bond donors (Lipinski definition) is 0. The number of halogens is 3. The van der Waals surface area contributed by atoms with Crippen molar-refractivity contribution in [3.8, 4) is 0 Å². The summed E-state index contributed by atoms with van der Waals surface area (Å²) >= 11 is 11.0. The maximum absolute atomic E-state index is 13.0. The maximum Gasteiger partial charge on any atom is 0.270 e. The summed E-state index contributed by atoms with van der Waals surface area (Å²) in [6, 6.07) is 11.7. The van der Waals surface area contributed by atoms with Crippen LogP contribution >= 0.6 is 38.9 Å². The first kappa shape index (κ1) is 19.0. The van der Waals surface area contributed by atoms with E-state index in [2.05, 4.69) is 20.9 Å². The molecule has 7 heteroatoms. The molecule has 0 unspecified atom stereocenters. The second-order valence-corrected chi connectivity index (χ2v) is 8.19. The molecular formula is C19H15BrClFN2OS. The Balaban J connectivity index is 1.83. The highest BCUT2D eigenvalue weighted by Gasteiger charge is 2.21. The number of benzene rings is 2. The number of thiazole rings is 1. The minimum atomic E-state index is -0.270. The van der Waals surface area contributed by atoms with E-state index in [0.29, 0.717) is 27.7 Å². The summed E-state index contributed by atoms with van der Waals surface area (Å²) in [5.74, 6) is -0.428. The molecule has 0 saturated heterocycles. The average Bonchev–Trinajstić information content (AvgIpc) is 2.96. The number of carbonyl (C=O) groups is 1. The average molecular weight is 454 g/mol. The summed E-state index contributed by atoms with van der Waals surface area (Å²) in [4.78, 5) is 19.5. The molecule has 3 rings (SSSR count). The minimum Gasteiger partial charge on any atom is -0.309 e. The lowest BCUT2D eigenvalue weighted by molar-refractivity contribution is 0.0996. The summed E-state index contributed by atoms with van der Waals surface area (Å²) in [5.41, 5.74) is 2.26. The zero-order valence-electron chi connectivity index (χ0n) is 14.1. The van der Waals surface area contributed by atoms with Crippen molar-refractivity contribution in [2.24, 2.45) is 0 Å². The number of aromatic nitrogens is 1. The lowest BCUT2D eigenvalue weighted by atomic mass is 10.1. The molecule has 1 aromatic heterocycles. The highest BCUT2D eigenvalue weighted by Crippen LogP contribution is 2.31. The molecule has 0 atom stereocenters. The number of amides is 1. The fraction of sp³-hybridized carbons (Fsp3) is 0.158. The molecule has 1 heterocycles. The van der Waals surface area contributed by atoms with Gasteiger partial charge in [0.1, 0.15) is 10.7 Å². The van der Waals surface area contributed by atoms with Gasteiger partial charge in [0.05, 0.1) is 21.4 Å². The number of anilines is 1. The number of carbonyl (C=O) groups excluding carboxylic acids is 1. The monoisotopic (exact) mass is 452 g/mol. The van der Waals surface area contributed by atoms with E-state index in [9.17, 15) is 9.18 Å². The van der Waals surface area contributed by atoms with Gasteiger partial charge in [0.2, 0.25) is 0 Å². The van der Waals surface area contributed by atoms with Crippen LogP contribution in [0.1, 0.15) is 25.9 Å².